The quantitative estimate of drug-likeness (QED) is 0.863. The first-order chi connectivity index (χ1) is 9.60. The summed E-state index contributed by atoms with van der Waals surface area (Å²) in [5.41, 5.74) is 8.19. The number of halogens is 1. The smallest absolute Gasteiger partial charge is 0.172 e. The molecule has 0 saturated heterocycles. The summed E-state index contributed by atoms with van der Waals surface area (Å²) in [6.45, 7) is 0. The molecule has 3 N–H and O–H groups in total. The molecule has 20 heavy (non-hydrogen) atoms. The van der Waals surface area contributed by atoms with Crippen molar-refractivity contribution in [3.8, 4) is 22.1 Å². The van der Waals surface area contributed by atoms with E-state index in [9.17, 15) is 5.11 Å². The highest BCUT2D eigenvalue weighted by Crippen LogP contribution is 2.42. The van der Waals surface area contributed by atoms with E-state index in [0.29, 0.717) is 10.2 Å². The lowest BCUT2D eigenvalue weighted by molar-refractivity contribution is 0.372. The highest BCUT2D eigenvalue weighted by molar-refractivity contribution is 9.10. The molecule has 0 fully saturated rings. The molecular formula is C14H15BrN2O2S. The third kappa shape index (κ3) is 2.32. The molecule has 106 valence electrons. The molecule has 4 nitrogen and oxygen atoms in total. The highest BCUT2D eigenvalue weighted by Gasteiger charge is 2.22. The number of nitrogens with two attached hydrogens (primary N) is 1. The maximum absolute atomic E-state index is 9.86. The molecule has 0 spiro atoms. The molecule has 6 heteroatoms. The zero-order valence-corrected chi connectivity index (χ0v) is 13.4. The Morgan fingerprint density at radius 1 is 1.50 bits per heavy atom. The van der Waals surface area contributed by atoms with E-state index >= 15 is 0 Å². The summed E-state index contributed by atoms with van der Waals surface area (Å²) in [7, 11) is 1.54. The van der Waals surface area contributed by atoms with Crippen molar-refractivity contribution in [2.45, 2.75) is 25.3 Å². The Kier molecular flexibility index (Phi) is 3.70. The molecule has 0 aliphatic heterocycles. The molecule has 1 aromatic heterocycles. The molecule has 0 amide bonds. The lowest BCUT2D eigenvalue weighted by Gasteiger charge is -2.15. The number of aryl methyl sites for hydroxylation is 1. The third-order valence-electron chi connectivity index (χ3n) is 3.49. The summed E-state index contributed by atoms with van der Waals surface area (Å²) in [5.74, 6) is 0.543. The number of nitrogens with zero attached hydrogens (tertiary/aromatic N) is 1. The number of aromatic nitrogens is 1. The molecule has 0 saturated carbocycles. The molecule has 0 radical (unpaired) electrons. The first-order valence-corrected chi connectivity index (χ1v) is 8.03. The fraction of sp³-hybridized carbons (Fsp3) is 0.357. The second kappa shape index (κ2) is 5.35. The number of aromatic hydroxyl groups is 1. The number of fused-ring (bicyclic) bond motifs is 1. The van der Waals surface area contributed by atoms with Crippen molar-refractivity contribution < 1.29 is 9.84 Å². The van der Waals surface area contributed by atoms with Gasteiger partial charge in [-0.25, -0.2) is 4.98 Å². The van der Waals surface area contributed by atoms with E-state index in [1.807, 2.05) is 6.07 Å². The molecule has 1 aliphatic carbocycles. The van der Waals surface area contributed by atoms with Gasteiger partial charge in [0.15, 0.2) is 11.5 Å². The van der Waals surface area contributed by atoms with Gasteiger partial charge in [-0.15, -0.1) is 11.3 Å². The van der Waals surface area contributed by atoms with Crippen molar-refractivity contribution >= 4 is 27.3 Å². The average molecular weight is 355 g/mol. The Labute approximate surface area is 129 Å². The van der Waals surface area contributed by atoms with Crippen LogP contribution in [-0.4, -0.2) is 17.2 Å². The van der Waals surface area contributed by atoms with Crippen molar-refractivity contribution in [1.29, 1.82) is 0 Å². The second-order valence-corrected chi connectivity index (χ2v) is 6.72. The minimum atomic E-state index is 0.104. The van der Waals surface area contributed by atoms with Crippen LogP contribution in [0.25, 0.3) is 10.6 Å². The van der Waals surface area contributed by atoms with Crippen molar-refractivity contribution in [3.63, 3.8) is 0 Å². The van der Waals surface area contributed by atoms with Gasteiger partial charge in [-0.05, 0) is 47.3 Å². The van der Waals surface area contributed by atoms with Crippen LogP contribution in [0.3, 0.4) is 0 Å². The lowest BCUT2D eigenvalue weighted by Crippen LogP contribution is -2.15. The predicted molar refractivity (Wildman–Crippen MR) is 83.3 cm³/mol. The van der Waals surface area contributed by atoms with E-state index in [4.69, 9.17) is 15.5 Å². The van der Waals surface area contributed by atoms with Crippen LogP contribution in [-0.2, 0) is 6.42 Å². The summed E-state index contributed by atoms with van der Waals surface area (Å²) >= 11 is 4.98. The molecule has 1 heterocycles. The number of phenolic OH excluding ortho intramolecular Hbond substituents is 1. The van der Waals surface area contributed by atoms with Gasteiger partial charge in [-0.1, -0.05) is 0 Å². The number of ether oxygens (including phenoxy) is 1. The summed E-state index contributed by atoms with van der Waals surface area (Å²) < 4.78 is 5.78. The van der Waals surface area contributed by atoms with Gasteiger partial charge in [-0.2, -0.15) is 0 Å². The van der Waals surface area contributed by atoms with E-state index in [-0.39, 0.29) is 11.8 Å². The first kappa shape index (κ1) is 13.9. The number of rotatable bonds is 2. The van der Waals surface area contributed by atoms with Crippen molar-refractivity contribution in [2.75, 3.05) is 7.11 Å². The van der Waals surface area contributed by atoms with Crippen molar-refractivity contribution in [3.05, 3.63) is 27.2 Å². The van der Waals surface area contributed by atoms with E-state index < -0.39 is 0 Å². The number of benzene rings is 1. The van der Waals surface area contributed by atoms with Gasteiger partial charge in [0.05, 0.1) is 17.3 Å². The number of phenols is 1. The normalized spacial score (nSPS) is 17.9. The monoisotopic (exact) mass is 354 g/mol. The summed E-state index contributed by atoms with van der Waals surface area (Å²) in [6.07, 6.45) is 3.12. The molecule has 1 aromatic carbocycles. The van der Waals surface area contributed by atoms with Gasteiger partial charge in [0, 0.05) is 16.5 Å². The van der Waals surface area contributed by atoms with Crippen LogP contribution < -0.4 is 10.5 Å². The number of hydrogen-bond donors (Lipinski definition) is 2. The minimum absolute atomic E-state index is 0.104. The fourth-order valence-electron chi connectivity index (χ4n) is 2.43. The topological polar surface area (TPSA) is 68.4 Å². The first-order valence-electron chi connectivity index (χ1n) is 6.42. The predicted octanol–water partition coefficient (Wildman–Crippen LogP) is 3.62. The summed E-state index contributed by atoms with van der Waals surface area (Å²) in [6, 6.07) is 3.76. The number of hydrogen-bond acceptors (Lipinski definition) is 5. The van der Waals surface area contributed by atoms with Crippen LogP contribution in [0.4, 0.5) is 0 Å². The molecular weight excluding hydrogens is 340 g/mol. The van der Waals surface area contributed by atoms with Gasteiger partial charge in [-0.3, -0.25) is 0 Å². The summed E-state index contributed by atoms with van der Waals surface area (Å²) in [5, 5.41) is 10.8. The lowest BCUT2D eigenvalue weighted by atomic mass is 9.99. The SMILES string of the molecule is COc1cc(-c2nc3c(s2)C(N)CCC3)cc(Br)c1O. The average Bonchev–Trinajstić information content (AvgIpc) is 2.87. The third-order valence-corrected chi connectivity index (χ3v) is 5.37. The van der Waals surface area contributed by atoms with Gasteiger partial charge >= 0.3 is 0 Å². The van der Waals surface area contributed by atoms with Crippen molar-refractivity contribution in [2.24, 2.45) is 5.73 Å². The Balaban J connectivity index is 2.07. The van der Waals surface area contributed by atoms with Gasteiger partial charge in [0.1, 0.15) is 5.01 Å². The Bertz CT molecular complexity index is 657. The van der Waals surface area contributed by atoms with Crippen LogP contribution >= 0.6 is 27.3 Å². The largest absolute Gasteiger partial charge is 0.503 e. The number of thiazole rings is 1. The Morgan fingerprint density at radius 2 is 2.30 bits per heavy atom. The maximum atomic E-state index is 9.86. The van der Waals surface area contributed by atoms with Crippen LogP contribution in [0.5, 0.6) is 11.5 Å². The molecule has 2 aromatic rings. The molecule has 0 bridgehead atoms. The maximum Gasteiger partial charge on any atom is 0.172 e. The molecule has 1 atom stereocenters. The van der Waals surface area contributed by atoms with Crippen LogP contribution in [0.2, 0.25) is 0 Å². The second-order valence-electron chi connectivity index (χ2n) is 4.84. The zero-order chi connectivity index (χ0) is 14.3. The Hall–Kier alpha value is -1.11. The standard InChI is InChI=1S/C14H15BrN2O2S/c1-19-11-6-7(5-8(15)12(11)18)14-17-10-4-2-3-9(16)13(10)20-14/h5-6,9,18H,2-4,16H2,1H3. The van der Waals surface area contributed by atoms with Crippen molar-refractivity contribution in [1.82, 2.24) is 4.98 Å². The van der Waals surface area contributed by atoms with Gasteiger partial charge in [0.25, 0.3) is 0 Å². The van der Waals surface area contributed by atoms with E-state index in [2.05, 4.69) is 15.9 Å². The molecule has 3 rings (SSSR count). The fourth-order valence-corrected chi connectivity index (χ4v) is 4.01. The molecule has 1 aliphatic rings. The van der Waals surface area contributed by atoms with E-state index in [0.717, 1.165) is 35.5 Å². The minimum Gasteiger partial charge on any atom is -0.503 e. The Morgan fingerprint density at radius 3 is 3.00 bits per heavy atom. The van der Waals surface area contributed by atoms with Gasteiger partial charge in [0.2, 0.25) is 0 Å². The van der Waals surface area contributed by atoms with E-state index in [1.165, 1.54) is 12.0 Å². The van der Waals surface area contributed by atoms with Crippen LogP contribution in [0, 0.1) is 0 Å². The van der Waals surface area contributed by atoms with Crippen LogP contribution in [0.15, 0.2) is 16.6 Å². The zero-order valence-electron chi connectivity index (χ0n) is 11.0. The van der Waals surface area contributed by atoms with Gasteiger partial charge < -0.3 is 15.6 Å². The number of methoxy groups -OCH3 is 1. The van der Waals surface area contributed by atoms with Crippen LogP contribution in [0.1, 0.15) is 29.5 Å². The highest BCUT2D eigenvalue weighted by atomic mass is 79.9. The summed E-state index contributed by atoms with van der Waals surface area (Å²) in [4.78, 5) is 5.89. The molecule has 1 unspecified atom stereocenters. The van der Waals surface area contributed by atoms with E-state index in [1.54, 1.807) is 17.4 Å².